The molecule has 0 amide bonds. The third-order valence-corrected chi connectivity index (χ3v) is 5.80. The molecule has 1 aliphatic rings. The third-order valence-electron chi connectivity index (χ3n) is 5.80. The molecule has 1 atom stereocenters. The zero-order valence-corrected chi connectivity index (χ0v) is 18.5. The number of benzene rings is 2. The van der Waals surface area contributed by atoms with E-state index in [-0.39, 0.29) is 30.8 Å². The van der Waals surface area contributed by atoms with Crippen LogP contribution in [0.4, 0.5) is 13.2 Å². The number of carboxylic acid groups (broad SMARTS) is 1. The molecule has 2 heterocycles. The second kappa shape index (κ2) is 9.00. The van der Waals surface area contributed by atoms with E-state index < -0.39 is 17.7 Å². The fourth-order valence-corrected chi connectivity index (χ4v) is 4.42. The van der Waals surface area contributed by atoms with E-state index in [0.717, 1.165) is 42.0 Å². The summed E-state index contributed by atoms with van der Waals surface area (Å²) in [7, 11) is 0. The lowest BCUT2D eigenvalue weighted by Crippen LogP contribution is -2.17. The Balaban J connectivity index is 1.55. The van der Waals surface area contributed by atoms with Crippen LogP contribution in [0.25, 0.3) is 10.9 Å². The summed E-state index contributed by atoms with van der Waals surface area (Å²) in [5.41, 5.74) is 1.57. The zero-order valence-electron chi connectivity index (χ0n) is 18.5. The molecule has 0 bridgehead atoms. The molecule has 33 heavy (non-hydrogen) atoms. The average Bonchev–Trinajstić information content (AvgIpc) is 3.10. The van der Waals surface area contributed by atoms with Gasteiger partial charge in [-0.05, 0) is 68.7 Å². The molecular formula is C25H26F3NO4. The molecule has 0 spiro atoms. The van der Waals surface area contributed by atoms with Gasteiger partial charge in [-0.2, -0.15) is 13.2 Å². The van der Waals surface area contributed by atoms with Crippen molar-refractivity contribution in [1.82, 2.24) is 4.57 Å². The minimum absolute atomic E-state index is 0.0221. The van der Waals surface area contributed by atoms with Gasteiger partial charge in [0.1, 0.15) is 18.1 Å². The fourth-order valence-electron chi connectivity index (χ4n) is 4.42. The predicted octanol–water partition coefficient (Wildman–Crippen LogP) is 6.38. The molecule has 5 nitrogen and oxygen atoms in total. The van der Waals surface area contributed by atoms with Crippen LogP contribution in [0.5, 0.6) is 11.5 Å². The quantitative estimate of drug-likeness (QED) is 0.444. The van der Waals surface area contributed by atoms with E-state index in [9.17, 15) is 23.1 Å². The molecule has 8 heteroatoms. The first-order valence-electron chi connectivity index (χ1n) is 11.0. The first-order valence-corrected chi connectivity index (χ1v) is 11.0. The third kappa shape index (κ3) is 5.10. The van der Waals surface area contributed by atoms with Gasteiger partial charge < -0.3 is 19.1 Å². The Bertz CT molecular complexity index is 1170. The van der Waals surface area contributed by atoms with Gasteiger partial charge in [-0.3, -0.25) is 4.79 Å². The molecule has 0 fully saturated rings. The van der Waals surface area contributed by atoms with Crippen molar-refractivity contribution in [3.8, 4) is 11.5 Å². The number of nitrogens with zero attached hydrogens (tertiary/aromatic N) is 1. The van der Waals surface area contributed by atoms with Gasteiger partial charge in [0, 0.05) is 29.1 Å². The molecule has 1 N–H and O–H groups in total. The molecule has 0 saturated carbocycles. The summed E-state index contributed by atoms with van der Waals surface area (Å²) in [6.07, 6.45) is -3.05. The molecule has 0 unspecified atom stereocenters. The molecule has 3 aromatic rings. The van der Waals surface area contributed by atoms with Crippen LogP contribution in [0.2, 0.25) is 0 Å². The summed E-state index contributed by atoms with van der Waals surface area (Å²) in [6.45, 7) is 4.17. The number of carbonyl (C=O) groups is 1. The number of aliphatic carboxylic acids is 1. The van der Waals surface area contributed by atoms with Crippen molar-refractivity contribution in [1.29, 1.82) is 0 Å². The SMILES string of the molecule is CC(C)Oc1ccc(COc2ccc3c(c2)cc2n3CCC[C@@H]2CC(=O)O)cc1C(F)(F)F. The Morgan fingerprint density at radius 2 is 1.97 bits per heavy atom. The Labute approximate surface area is 189 Å². The second-order valence-electron chi connectivity index (χ2n) is 8.66. The number of aromatic nitrogens is 1. The molecular weight excluding hydrogens is 435 g/mol. The van der Waals surface area contributed by atoms with Gasteiger partial charge in [0.2, 0.25) is 0 Å². The maximum Gasteiger partial charge on any atom is 0.419 e. The molecule has 4 rings (SSSR count). The number of hydrogen-bond acceptors (Lipinski definition) is 3. The van der Waals surface area contributed by atoms with E-state index in [4.69, 9.17) is 9.47 Å². The highest BCUT2D eigenvalue weighted by atomic mass is 19.4. The number of carboxylic acids is 1. The lowest BCUT2D eigenvalue weighted by molar-refractivity contribution is -0.139. The van der Waals surface area contributed by atoms with Gasteiger partial charge in [0.05, 0.1) is 18.1 Å². The molecule has 0 aliphatic carbocycles. The van der Waals surface area contributed by atoms with Crippen molar-refractivity contribution < 1.29 is 32.5 Å². The molecule has 0 radical (unpaired) electrons. The van der Waals surface area contributed by atoms with Crippen molar-refractivity contribution >= 4 is 16.9 Å². The van der Waals surface area contributed by atoms with Gasteiger partial charge in [-0.15, -0.1) is 0 Å². The monoisotopic (exact) mass is 461 g/mol. The van der Waals surface area contributed by atoms with E-state index in [1.807, 2.05) is 18.2 Å². The lowest BCUT2D eigenvalue weighted by atomic mass is 9.93. The van der Waals surface area contributed by atoms with Crippen molar-refractivity contribution in [2.45, 2.75) is 64.5 Å². The van der Waals surface area contributed by atoms with Crippen molar-refractivity contribution in [2.24, 2.45) is 0 Å². The van der Waals surface area contributed by atoms with Gasteiger partial charge in [0.15, 0.2) is 0 Å². The Morgan fingerprint density at radius 3 is 2.67 bits per heavy atom. The first-order chi connectivity index (χ1) is 15.6. The first kappa shape index (κ1) is 23.0. The number of aryl methyl sites for hydroxylation is 1. The highest BCUT2D eigenvalue weighted by Crippen LogP contribution is 2.38. The highest BCUT2D eigenvalue weighted by molar-refractivity contribution is 5.83. The van der Waals surface area contributed by atoms with Crippen molar-refractivity contribution in [3.05, 3.63) is 59.3 Å². The predicted molar refractivity (Wildman–Crippen MR) is 118 cm³/mol. The Hall–Kier alpha value is -3.16. The minimum Gasteiger partial charge on any atom is -0.490 e. The van der Waals surface area contributed by atoms with Crippen LogP contribution < -0.4 is 9.47 Å². The molecule has 176 valence electrons. The normalized spacial score (nSPS) is 16.1. The van der Waals surface area contributed by atoms with Gasteiger partial charge in [0.25, 0.3) is 0 Å². The maximum atomic E-state index is 13.5. The van der Waals surface area contributed by atoms with Crippen LogP contribution in [0.3, 0.4) is 0 Å². The summed E-state index contributed by atoms with van der Waals surface area (Å²) >= 11 is 0. The average molecular weight is 461 g/mol. The minimum atomic E-state index is -4.53. The molecule has 1 aromatic heterocycles. The summed E-state index contributed by atoms with van der Waals surface area (Å²) in [5.74, 6) is -0.500. The van der Waals surface area contributed by atoms with Gasteiger partial charge in [-0.25, -0.2) is 0 Å². The molecule has 2 aromatic carbocycles. The summed E-state index contributed by atoms with van der Waals surface area (Å²) < 4.78 is 53.7. The standard InChI is InChI=1S/C25H26F3NO4/c1-15(2)33-23-8-5-16(10-20(23)25(26,27)28)14-32-19-6-7-21-18(11-19)12-22-17(13-24(30)31)4-3-9-29(21)22/h5-8,10-12,15,17H,3-4,9,13-14H2,1-2H3,(H,30,31)/t17-/m1/s1. The van der Waals surface area contributed by atoms with E-state index in [1.54, 1.807) is 26.0 Å². The number of ether oxygens (including phenoxy) is 2. The number of rotatable bonds is 7. The van der Waals surface area contributed by atoms with Crippen molar-refractivity contribution in [3.63, 3.8) is 0 Å². The van der Waals surface area contributed by atoms with Crippen LogP contribution in [0.15, 0.2) is 42.5 Å². The zero-order chi connectivity index (χ0) is 23.8. The van der Waals surface area contributed by atoms with Crippen LogP contribution >= 0.6 is 0 Å². The van der Waals surface area contributed by atoms with E-state index >= 15 is 0 Å². The maximum absolute atomic E-state index is 13.5. The number of hydrogen-bond donors (Lipinski definition) is 1. The van der Waals surface area contributed by atoms with Crippen molar-refractivity contribution in [2.75, 3.05) is 0 Å². The van der Waals surface area contributed by atoms with Crippen LogP contribution in [0.1, 0.15) is 55.8 Å². The number of halogens is 3. The van der Waals surface area contributed by atoms with E-state index in [1.165, 1.54) is 6.07 Å². The molecule has 1 aliphatic heterocycles. The summed E-state index contributed by atoms with van der Waals surface area (Å²) in [6, 6.07) is 11.5. The highest BCUT2D eigenvalue weighted by Gasteiger charge is 2.35. The lowest BCUT2D eigenvalue weighted by Gasteiger charge is -2.24. The Morgan fingerprint density at radius 1 is 1.18 bits per heavy atom. The summed E-state index contributed by atoms with van der Waals surface area (Å²) in [5, 5.41) is 10.1. The fraction of sp³-hybridized carbons (Fsp3) is 0.400. The molecule has 0 saturated heterocycles. The van der Waals surface area contributed by atoms with Gasteiger partial charge >= 0.3 is 12.1 Å². The van der Waals surface area contributed by atoms with E-state index in [2.05, 4.69) is 4.57 Å². The number of alkyl halides is 3. The largest absolute Gasteiger partial charge is 0.490 e. The van der Waals surface area contributed by atoms with E-state index in [0.29, 0.717) is 11.3 Å². The van der Waals surface area contributed by atoms with Crippen LogP contribution in [0, 0.1) is 0 Å². The second-order valence-corrected chi connectivity index (χ2v) is 8.66. The summed E-state index contributed by atoms with van der Waals surface area (Å²) in [4.78, 5) is 11.2. The Kier molecular flexibility index (Phi) is 6.28. The smallest absolute Gasteiger partial charge is 0.419 e. The van der Waals surface area contributed by atoms with Crippen LogP contribution in [-0.4, -0.2) is 21.7 Å². The number of fused-ring (bicyclic) bond motifs is 3. The van der Waals surface area contributed by atoms with Gasteiger partial charge in [-0.1, -0.05) is 6.07 Å². The van der Waals surface area contributed by atoms with Crippen LogP contribution in [-0.2, 0) is 24.1 Å². The topological polar surface area (TPSA) is 60.7 Å².